The first-order valence-corrected chi connectivity index (χ1v) is 7.69. The van der Waals surface area contributed by atoms with Crippen molar-refractivity contribution >= 4 is 27.5 Å². The van der Waals surface area contributed by atoms with Crippen LogP contribution in [0.1, 0.15) is 56.7 Å². The summed E-state index contributed by atoms with van der Waals surface area (Å²) in [6.07, 6.45) is 2.26. The molecule has 0 aromatic heterocycles. The zero-order chi connectivity index (χ0) is 13.0. The molecule has 0 aliphatic carbocycles. The Kier molecular flexibility index (Phi) is 6.02. The average Bonchev–Trinajstić information content (AvgIpc) is 2.29. The molecule has 0 aliphatic heterocycles. The SMILES string of the molecule is CCC(C)c1cc(Br)c(CC(C)C)cc1CCl. The standard InChI is InChI=1S/C15H22BrCl/c1-5-11(4)14-8-15(16)12(6-10(2)3)7-13(14)9-17/h7-8,10-11H,5-6,9H2,1-4H3. The van der Waals surface area contributed by atoms with Crippen molar-refractivity contribution in [2.75, 3.05) is 0 Å². The Balaban J connectivity index is 3.15. The minimum Gasteiger partial charge on any atom is -0.122 e. The lowest BCUT2D eigenvalue weighted by molar-refractivity contribution is 0.644. The lowest BCUT2D eigenvalue weighted by atomic mass is 9.91. The first-order valence-electron chi connectivity index (χ1n) is 6.36. The molecular weight excluding hydrogens is 296 g/mol. The van der Waals surface area contributed by atoms with Crippen molar-refractivity contribution in [1.29, 1.82) is 0 Å². The first-order chi connectivity index (χ1) is 7.99. The average molecular weight is 318 g/mol. The third kappa shape index (κ3) is 3.99. The van der Waals surface area contributed by atoms with E-state index in [4.69, 9.17) is 11.6 Å². The van der Waals surface area contributed by atoms with Gasteiger partial charge in [0, 0.05) is 10.4 Å². The van der Waals surface area contributed by atoms with Crippen LogP contribution in [-0.4, -0.2) is 0 Å². The molecule has 0 fully saturated rings. The summed E-state index contributed by atoms with van der Waals surface area (Å²) in [6, 6.07) is 4.54. The zero-order valence-electron chi connectivity index (χ0n) is 11.2. The second-order valence-corrected chi connectivity index (χ2v) is 6.30. The molecule has 96 valence electrons. The molecule has 0 spiro atoms. The topological polar surface area (TPSA) is 0 Å². The second-order valence-electron chi connectivity index (χ2n) is 5.18. The van der Waals surface area contributed by atoms with Crippen LogP contribution in [0.5, 0.6) is 0 Å². The molecule has 0 bridgehead atoms. The Morgan fingerprint density at radius 2 is 1.82 bits per heavy atom. The highest BCUT2D eigenvalue weighted by Crippen LogP contribution is 2.31. The van der Waals surface area contributed by atoms with Gasteiger partial charge in [0.1, 0.15) is 0 Å². The Labute approximate surface area is 119 Å². The van der Waals surface area contributed by atoms with Gasteiger partial charge in [-0.15, -0.1) is 11.6 Å². The van der Waals surface area contributed by atoms with E-state index in [1.54, 1.807) is 0 Å². The summed E-state index contributed by atoms with van der Waals surface area (Å²) in [6.45, 7) is 8.98. The number of hydrogen-bond acceptors (Lipinski definition) is 0. The van der Waals surface area contributed by atoms with E-state index in [9.17, 15) is 0 Å². The number of rotatable bonds is 5. The maximum atomic E-state index is 6.08. The van der Waals surface area contributed by atoms with Crippen molar-refractivity contribution in [3.63, 3.8) is 0 Å². The van der Waals surface area contributed by atoms with Crippen LogP contribution in [0.2, 0.25) is 0 Å². The fourth-order valence-electron chi connectivity index (χ4n) is 2.08. The highest BCUT2D eigenvalue weighted by atomic mass is 79.9. The molecule has 1 unspecified atom stereocenters. The van der Waals surface area contributed by atoms with Gasteiger partial charge >= 0.3 is 0 Å². The van der Waals surface area contributed by atoms with Crippen LogP contribution in [0.4, 0.5) is 0 Å². The number of hydrogen-bond donors (Lipinski definition) is 0. The summed E-state index contributed by atoms with van der Waals surface area (Å²) < 4.78 is 1.23. The molecule has 0 aliphatic rings. The van der Waals surface area contributed by atoms with Gasteiger partial charge in [0.25, 0.3) is 0 Å². The van der Waals surface area contributed by atoms with Crippen molar-refractivity contribution in [2.24, 2.45) is 5.92 Å². The summed E-state index contributed by atoms with van der Waals surface area (Å²) in [4.78, 5) is 0. The number of benzene rings is 1. The van der Waals surface area contributed by atoms with Crippen LogP contribution in [0, 0.1) is 5.92 Å². The van der Waals surface area contributed by atoms with E-state index < -0.39 is 0 Å². The molecule has 0 saturated heterocycles. The number of alkyl halides is 1. The minimum atomic E-state index is 0.577. The van der Waals surface area contributed by atoms with Crippen molar-refractivity contribution in [1.82, 2.24) is 0 Å². The van der Waals surface area contributed by atoms with Gasteiger partial charge in [0.2, 0.25) is 0 Å². The maximum absolute atomic E-state index is 6.08. The van der Waals surface area contributed by atoms with E-state index in [0.29, 0.717) is 17.7 Å². The van der Waals surface area contributed by atoms with E-state index in [0.717, 1.165) is 12.8 Å². The van der Waals surface area contributed by atoms with Crippen LogP contribution in [0.25, 0.3) is 0 Å². The quantitative estimate of drug-likeness (QED) is 0.593. The van der Waals surface area contributed by atoms with Gasteiger partial charge in [0.15, 0.2) is 0 Å². The van der Waals surface area contributed by atoms with Crippen molar-refractivity contribution in [3.8, 4) is 0 Å². The van der Waals surface area contributed by atoms with Crippen LogP contribution in [0.3, 0.4) is 0 Å². The molecule has 0 saturated carbocycles. The third-order valence-corrected chi connectivity index (χ3v) is 4.25. The Morgan fingerprint density at radius 1 is 1.18 bits per heavy atom. The molecule has 0 amide bonds. The Hall–Kier alpha value is -0.0100. The molecular formula is C15H22BrCl. The Morgan fingerprint density at radius 3 is 2.29 bits per heavy atom. The van der Waals surface area contributed by atoms with Crippen molar-refractivity contribution < 1.29 is 0 Å². The minimum absolute atomic E-state index is 0.577. The van der Waals surface area contributed by atoms with Gasteiger partial charge in [-0.25, -0.2) is 0 Å². The van der Waals surface area contributed by atoms with E-state index >= 15 is 0 Å². The van der Waals surface area contributed by atoms with Gasteiger partial charge in [0.05, 0.1) is 0 Å². The molecule has 1 atom stereocenters. The van der Waals surface area contributed by atoms with Crippen molar-refractivity contribution in [3.05, 3.63) is 33.3 Å². The first kappa shape index (κ1) is 15.0. The molecule has 0 radical (unpaired) electrons. The Bertz CT molecular complexity index is 371. The third-order valence-electron chi connectivity index (χ3n) is 3.22. The summed E-state index contributed by atoms with van der Waals surface area (Å²) in [7, 11) is 0. The maximum Gasteiger partial charge on any atom is 0.0477 e. The molecule has 1 rings (SSSR count). The molecule has 0 nitrogen and oxygen atoms in total. The van der Waals surface area contributed by atoms with Crippen LogP contribution in [-0.2, 0) is 12.3 Å². The normalized spacial score (nSPS) is 13.1. The van der Waals surface area contributed by atoms with Crippen LogP contribution in [0.15, 0.2) is 16.6 Å². The largest absolute Gasteiger partial charge is 0.122 e. The molecule has 0 heterocycles. The predicted molar refractivity (Wildman–Crippen MR) is 80.9 cm³/mol. The lowest BCUT2D eigenvalue weighted by Crippen LogP contribution is -2.02. The lowest BCUT2D eigenvalue weighted by Gasteiger charge is -2.17. The fraction of sp³-hybridized carbons (Fsp3) is 0.600. The highest BCUT2D eigenvalue weighted by molar-refractivity contribution is 9.10. The molecule has 17 heavy (non-hydrogen) atoms. The smallest absolute Gasteiger partial charge is 0.0477 e. The molecule has 0 N–H and O–H groups in total. The van der Waals surface area contributed by atoms with Gasteiger partial charge in [-0.05, 0) is 47.4 Å². The molecule has 1 aromatic carbocycles. The van der Waals surface area contributed by atoms with E-state index in [1.165, 1.54) is 21.2 Å². The number of halogens is 2. The van der Waals surface area contributed by atoms with Gasteiger partial charge in [-0.2, -0.15) is 0 Å². The van der Waals surface area contributed by atoms with Gasteiger partial charge < -0.3 is 0 Å². The molecule has 1 aromatic rings. The second kappa shape index (κ2) is 6.80. The predicted octanol–water partition coefficient (Wildman–Crippen LogP) is 5.90. The summed E-state index contributed by atoms with van der Waals surface area (Å²) in [5, 5.41) is 0. The summed E-state index contributed by atoms with van der Waals surface area (Å²) in [5.41, 5.74) is 4.06. The van der Waals surface area contributed by atoms with Crippen LogP contribution >= 0.6 is 27.5 Å². The fourth-order valence-corrected chi connectivity index (χ4v) is 2.83. The summed E-state index contributed by atoms with van der Waals surface area (Å²) >= 11 is 9.77. The van der Waals surface area contributed by atoms with E-state index in [1.807, 2.05) is 0 Å². The van der Waals surface area contributed by atoms with Crippen LogP contribution < -0.4 is 0 Å². The van der Waals surface area contributed by atoms with Crippen molar-refractivity contribution in [2.45, 2.75) is 52.3 Å². The summed E-state index contributed by atoms with van der Waals surface area (Å²) in [5.74, 6) is 1.86. The van der Waals surface area contributed by atoms with E-state index in [-0.39, 0.29) is 0 Å². The monoisotopic (exact) mass is 316 g/mol. The molecule has 2 heteroatoms. The zero-order valence-corrected chi connectivity index (χ0v) is 13.5. The van der Waals surface area contributed by atoms with Gasteiger partial charge in [-0.1, -0.05) is 49.7 Å². The van der Waals surface area contributed by atoms with E-state index in [2.05, 4.69) is 55.8 Å². The van der Waals surface area contributed by atoms with Gasteiger partial charge in [-0.3, -0.25) is 0 Å². The highest BCUT2D eigenvalue weighted by Gasteiger charge is 2.13.